The van der Waals surface area contributed by atoms with Crippen molar-refractivity contribution in [2.75, 3.05) is 0 Å². The topological polar surface area (TPSA) is 50.2 Å². The number of hydrogen-bond acceptors (Lipinski definition) is 2. The van der Waals surface area contributed by atoms with E-state index >= 15 is 0 Å². The van der Waals surface area contributed by atoms with Crippen molar-refractivity contribution < 1.29 is 9.90 Å². The molecule has 0 radical (unpaired) electrons. The summed E-state index contributed by atoms with van der Waals surface area (Å²) in [7, 11) is 0. The molecule has 4 heteroatoms. The van der Waals surface area contributed by atoms with Crippen LogP contribution < -0.4 is 0 Å². The summed E-state index contributed by atoms with van der Waals surface area (Å²) >= 11 is 5.91. The highest BCUT2D eigenvalue weighted by molar-refractivity contribution is 6.31. The molecule has 0 amide bonds. The van der Waals surface area contributed by atoms with Crippen LogP contribution in [0.25, 0.3) is 11.1 Å². The van der Waals surface area contributed by atoms with Gasteiger partial charge in [-0.1, -0.05) is 11.6 Å². The summed E-state index contributed by atoms with van der Waals surface area (Å²) in [6.45, 7) is 1.91. The van der Waals surface area contributed by atoms with E-state index in [0.29, 0.717) is 10.6 Å². The Labute approximate surface area is 104 Å². The van der Waals surface area contributed by atoms with Crippen molar-refractivity contribution in [3.8, 4) is 11.1 Å². The van der Waals surface area contributed by atoms with Gasteiger partial charge in [-0.05, 0) is 42.3 Å². The van der Waals surface area contributed by atoms with Crippen molar-refractivity contribution in [1.29, 1.82) is 0 Å². The van der Waals surface area contributed by atoms with Gasteiger partial charge in [-0.2, -0.15) is 0 Å². The lowest BCUT2D eigenvalue weighted by atomic mass is 9.98. The first-order valence-corrected chi connectivity index (χ1v) is 5.41. The number of nitrogens with zero attached hydrogens (tertiary/aromatic N) is 1. The lowest BCUT2D eigenvalue weighted by Gasteiger charge is -2.09. The van der Waals surface area contributed by atoms with Crippen LogP contribution in [0.5, 0.6) is 0 Å². The van der Waals surface area contributed by atoms with Gasteiger partial charge in [-0.3, -0.25) is 4.98 Å². The molecule has 0 unspecified atom stereocenters. The molecule has 2 rings (SSSR count). The van der Waals surface area contributed by atoms with Crippen molar-refractivity contribution in [3.63, 3.8) is 0 Å². The Balaban J connectivity index is 2.70. The van der Waals surface area contributed by atoms with Crippen LogP contribution >= 0.6 is 11.6 Å². The monoisotopic (exact) mass is 247 g/mol. The summed E-state index contributed by atoms with van der Waals surface area (Å²) in [6, 6.07) is 6.56. The molecular formula is C13H10ClNO2. The summed E-state index contributed by atoms with van der Waals surface area (Å²) in [5, 5.41) is 9.65. The second-order valence-corrected chi connectivity index (χ2v) is 4.12. The smallest absolute Gasteiger partial charge is 0.336 e. The Hall–Kier alpha value is -1.87. The van der Waals surface area contributed by atoms with Crippen LogP contribution in [0.3, 0.4) is 0 Å². The molecule has 0 aliphatic heterocycles. The van der Waals surface area contributed by atoms with Gasteiger partial charge < -0.3 is 5.11 Å². The predicted octanol–water partition coefficient (Wildman–Crippen LogP) is 3.41. The van der Waals surface area contributed by atoms with Crippen LogP contribution in [0.2, 0.25) is 5.02 Å². The molecule has 1 aromatic heterocycles. The third kappa shape index (κ3) is 2.29. The van der Waals surface area contributed by atoms with Crippen molar-refractivity contribution in [1.82, 2.24) is 4.98 Å². The summed E-state index contributed by atoms with van der Waals surface area (Å²) in [5.41, 5.74) is 2.57. The van der Waals surface area contributed by atoms with Crippen LogP contribution in [0.4, 0.5) is 0 Å². The number of carbonyl (C=O) groups is 1. The Morgan fingerprint density at radius 2 is 2.06 bits per heavy atom. The first-order valence-electron chi connectivity index (χ1n) is 5.03. The molecule has 0 saturated heterocycles. The SMILES string of the molecule is Cc1ccncc1-c1cc(Cl)ccc1C(=O)O. The molecule has 0 aliphatic carbocycles. The van der Waals surface area contributed by atoms with E-state index in [1.165, 1.54) is 6.07 Å². The quantitative estimate of drug-likeness (QED) is 0.885. The van der Waals surface area contributed by atoms with Gasteiger partial charge in [0, 0.05) is 23.0 Å². The molecule has 0 fully saturated rings. The molecule has 1 heterocycles. The number of benzene rings is 1. The number of pyridine rings is 1. The van der Waals surface area contributed by atoms with Gasteiger partial charge in [-0.25, -0.2) is 4.79 Å². The molecule has 86 valence electrons. The van der Waals surface area contributed by atoms with E-state index < -0.39 is 5.97 Å². The molecule has 2 aromatic rings. The number of hydrogen-bond donors (Lipinski definition) is 1. The van der Waals surface area contributed by atoms with E-state index in [-0.39, 0.29) is 5.56 Å². The molecule has 0 atom stereocenters. The van der Waals surface area contributed by atoms with Gasteiger partial charge in [0.05, 0.1) is 5.56 Å². The lowest BCUT2D eigenvalue weighted by molar-refractivity contribution is 0.0698. The number of aromatic nitrogens is 1. The molecule has 0 spiro atoms. The van der Waals surface area contributed by atoms with Crippen molar-refractivity contribution in [2.24, 2.45) is 0 Å². The molecule has 1 aromatic carbocycles. The van der Waals surface area contributed by atoms with Gasteiger partial charge in [0.15, 0.2) is 0 Å². The van der Waals surface area contributed by atoms with Crippen LogP contribution in [0.15, 0.2) is 36.7 Å². The van der Waals surface area contributed by atoms with Gasteiger partial charge in [0.25, 0.3) is 0 Å². The van der Waals surface area contributed by atoms with Gasteiger partial charge in [0.2, 0.25) is 0 Å². The summed E-state index contributed by atoms with van der Waals surface area (Å²) < 4.78 is 0. The molecule has 0 saturated carbocycles. The van der Waals surface area contributed by atoms with Crippen LogP contribution in [-0.2, 0) is 0 Å². The zero-order valence-electron chi connectivity index (χ0n) is 9.14. The molecule has 3 nitrogen and oxygen atoms in total. The normalized spacial score (nSPS) is 10.2. The first kappa shape index (κ1) is 11.6. The standard InChI is InChI=1S/C13H10ClNO2/c1-8-4-5-15-7-12(8)11-6-9(14)2-3-10(11)13(16)17/h2-7H,1H3,(H,16,17). The molecular weight excluding hydrogens is 238 g/mol. The minimum atomic E-state index is -0.972. The highest BCUT2D eigenvalue weighted by Gasteiger charge is 2.13. The molecule has 17 heavy (non-hydrogen) atoms. The average Bonchev–Trinajstić information content (AvgIpc) is 2.29. The van der Waals surface area contributed by atoms with Crippen LogP contribution in [0, 0.1) is 6.92 Å². The number of carboxylic acids is 1. The maximum absolute atomic E-state index is 11.2. The maximum atomic E-state index is 11.2. The molecule has 1 N–H and O–H groups in total. The van der Waals surface area contributed by atoms with E-state index in [9.17, 15) is 4.79 Å². The Morgan fingerprint density at radius 1 is 1.29 bits per heavy atom. The summed E-state index contributed by atoms with van der Waals surface area (Å²) in [4.78, 5) is 15.2. The largest absolute Gasteiger partial charge is 0.478 e. The van der Waals surface area contributed by atoms with E-state index in [2.05, 4.69) is 4.98 Å². The molecule has 0 aliphatic rings. The third-order valence-corrected chi connectivity index (χ3v) is 2.78. The fourth-order valence-electron chi connectivity index (χ4n) is 1.67. The van der Waals surface area contributed by atoms with Crippen molar-refractivity contribution in [3.05, 3.63) is 52.8 Å². The highest BCUT2D eigenvalue weighted by Crippen LogP contribution is 2.28. The summed E-state index contributed by atoms with van der Waals surface area (Å²) in [5.74, 6) is -0.972. The number of aromatic carboxylic acids is 1. The fraction of sp³-hybridized carbons (Fsp3) is 0.0769. The Morgan fingerprint density at radius 3 is 2.71 bits per heavy atom. The lowest BCUT2D eigenvalue weighted by Crippen LogP contribution is -2.00. The Bertz CT molecular complexity index is 581. The molecule has 0 bridgehead atoms. The third-order valence-electron chi connectivity index (χ3n) is 2.54. The van der Waals surface area contributed by atoms with Crippen LogP contribution in [-0.4, -0.2) is 16.1 Å². The van der Waals surface area contributed by atoms with E-state index in [1.807, 2.05) is 13.0 Å². The first-order chi connectivity index (χ1) is 8.09. The predicted molar refractivity (Wildman–Crippen MR) is 66.4 cm³/mol. The Kier molecular flexibility index (Phi) is 3.11. The van der Waals surface area contributed by atoms with E-state index in [4.69, 9.17) is 16.7 Å². The maximum Gasteiger partial charge on any atom is 0.336 e. The number of halogens is 1. The zero-order valence-corrected chi connectivity index (χ0v) is 9.90. The van der Waals surface area contributed by atoms with E-state index in [0.717, 1.165) is 11.1 Å². The second kappa shape index (κ2) is 4.55. The van der Waals surface area contributed by atoms with Gasteiger partial charge in [-0.15, -0.1) is 0 Å². The van der Waals surface area contributed by atoms with Crippen molar-refractivity contribution in [2.45, 2.75) is 6.92 Å². The minimum absolute atomic E-state index is 0.227. The number of carboxylic acid groups (broad SMARTS) is 1. The second-order valence-electron chi connectivity index (χ2n) is 3.69. The highest BCUT2D eigenvalue weighted by atomic mass is 35.5. The van der Waals surface area contributed by atoms with E-state index in [1.54, 1.807) is 24.5 Å². The zero-order chi connectivity index (χ0) is 12.4. The fourth-order valence-corrected chi connectivity index (χ4v) is 1.84. The summed E-state index contributed by atoms with van der Waals surface area (Å²) in [6.07, 6.45) is 3.32. The average molecular weight is 248 g/mol. The number of aryl methyl sites for hydroxylation is 1. The van der Waals surface area contributed by atoms with Gasteiger partial charge >= 0.3 is 5.97 Å². The van der Waals surface area contributed by atoms with Crippen LogP contribution in [0.1, 0.15) is 15.9 Å². The minimum Gasteiger partial charge on any atom is -0.478 e. The number of rotatable bonds is 2. The van der Waals surface area contributed by atoms with Gasteiger partial charge in [0.1, 0.15) is 0 Å². The van der Waals surface area contributed by atoms with Crippen molar-refractivity contribution >= 4 is 17.6 Å².